The number of aryl methyl sites for hydroxylation is 1. The third-order valence-corrected chi connectivity index (χ3v) is 4.02. The van der Waals surface area contributed by atoms with Crippen LogP contribution in [-0.2, 0) is 19.7 Å². The van der Waals surface area contributed by atoms with Gasteiger partial charge in [-0.1, -0.05) is 24.3 Å². The molecule has 0 fully saturated rings. The summed E-state index contributed by atoms with van der Waals surface area (Å²) in [5.74, 6) is -1.32. The summed E-state index contributed by atoms with van der Waals surface area (Å²) in [7, 11) is 0. The van der Waals surface area contributed by atoms with Crippen LogP contribution in [-0.4, -0.2) is 23.5 Å². The van der Waals surface area contributed by atoms with Crippen molar-refractivity contribution < 1.29 is 24.0 Å². The Hall–Kier alpha value is -3.22. The molecule has 0 bridgehead atoms. The lowest BCUT2D eigenvalue weighted by molar-refractivity contribution is -0.385. The molecule has 26 heavy (non-hydrogen) atoms. The quantitative estimate of drug-likeness (QED) is 0.259. The molecule has 0 heterocycles. The van der Waals surface area contributed by atoms with Gasteiger partial charge in [-0.2, -0.15) is 0 Å². The summed E-state index contributed by atoms with van der Waals surface area (Å²) >= 11 is 0. The van der Waals surface area contributed by atoms with Gasteiger partial charge in [-0.3, -0.25) is 19.7 Å². The molecule has 2 rings (SSSR count). The maximum Gasteiger partial charge on any atom is 0.333 e. The number of benzene rings is 2. The first-order valence-corrected chi connectivity index (χ1v) is 8.00. The number of nitrogens with zero attached hydrogens (tertiary/aromatic N) is 1. The van der Waals surface area contributed by atoms with Gasteiger partial charge in [0.1, 0.15) is 5.75 Å². The molecule has 0 saturated heterocycles. The number of carbonyl (C=O) groups excluding carboxylic acids is 2. The van der Waals surface area contributed by atoms with E-state index in [-0.39, 0.29) is 23.6 Å². The van der Waals surface area contributed by atoms with Crippen molar-refractivity contribution in [2.45, 2.75) is 26.2 Å². The van der Waals surface area contributed by atoms with Gasteiger partial charge >= 0.3 is 11.9 Å². The maximum absolute atomic E-state index is 12.8. The minimum Gasteiger partial charge on any atom is -0.465 e. The molecule has 7 heteroatoms. The van der Waals surface area contributed by atoms with E-state index >= 15 is 0 Å². The van der Waals surface area contributed by atoms with Gasteiger partial charge in [0.2, 0.25) is 0 Å². The Labute approximate surface area is 150 Å². The highest BCUT2D eigenvalue weighted by molar-refractivity contribution is 6.06. The second-order valence-electron chi connectivity index (χ2n) is 5.81. The minimum absolute atomic E-state index is 0.0823. The Bertz CT molecular complexity index is 833. The first-order chi connectivity index (χ1) is 12.3. The lowest BCUT2D eigenvalue weighted by atomic mass is 9.81. The van der Waals surface area contributed by atoms with Gasteiger partial charge in [-0.05, 0) is 44.5 Å². The van der Waals surface area contributed by atoms with Gasteiger partial charge in [-0.25, -0.2) is 0 Å². The number of rotatable bonds is 6. The van der Waals surface area contributed by atoms with Crippen molar-refractivity contribution in [2.75, 3.05) is 6.61 Å². The highest BCUT2D eigenvalue weighted by atomic mass is 16.6. The van der Waals surface area contributed by atoms with Gasteiger partial charge in [0.05, 0.1) is 11.5 Å². The van der Waals surface area contributed by atoms with Crippen molar-refractivity contribution in [2.24, 2.45) is 0 Å². The fourth-order valence-corrected chi connectivity index (χ4v) is 2.46. The molecule has 2 aromatic carbocycles. The Morgan fingerprint density at radius 1 is 1.12 bits per heavy atom. The average molecular weight is 357 g/mol. The summed E-state index contributed by atoms with van der Waals surface area (Å²) in [4.78, 5) is 35.9. The molecule has 0 aliphatic heterocycles. The number of para-hydroxylation sites is 1. The van der Waals surface area contributed by atoms with Gasteiger partial charge in [0.15, 0.2) is 5.41 Å². The highest BCUT2D eigenvalue weighted by Crippen LogP contribution is 2.31. The smallest absolute Gasteiger partial charge is 0.333 e. The van der Waals surface area contributed by atoms with E-state index in [0.717, 1.165) is 0 Å². The molecule has 0 aliphatic carbocycles. The summed E-state index contributed by atoms with van der Waals surface area (Å²) < 4.78 is 10.4. The predicted octanol–water partition coefficient (Wildman–Crippen LogP) is 3.33. The molecule has 2 aromatic rings. The van der Waals surface area contributed by atoms with Gasteiger partial charge in [-0.15, -0.1) is 0 Å². The fourth-order valence-electron chi connectivity index (χ4n) is 2.46. The van der Waals surface area contributed by atoms with Gasteiger partial charge < -0.3 is 9.47 Å². The van der Waals surface area contributed by atoms with Crippen molar-refractivity contribution in [3.05, 3.63) is 69.8 Å². The number of carbonyl (C=O) groups is 2. The summed E-state index contributed by atoms with van der Waals surface area (Å²) in [5, 5.41) is 11.0. The van der Waals surface area contributed by atoms with E-state index in [1.54, 1.807) is 37.3 Å². The van der Waals surface area contributed by atoms with E-state index in [2.05, 4.69) is 0 Å². The summed E-state index contributed by atoms with van der Waals surface area (Å²) in [6, 6.07) is 12.4. The van der Waals surface area contributed by atoms with Crippen LogP contribution in [0.2, 0.25) is 0 Å². The summed E-state index contributed by atoms with van der Waals surface area (Å²) in [6.07, 6.45) is 0. The number of nitro groups is 1. The number of ether oxygens (including phenoxy) is 2. The third-order valence-electron chi connectivity index (χ3n) is 4.02. The zero-order chi connectivity index (χ0) is 19.3. The first-order valence-electron chi connectivity index (χ1n) is 8.00. The Kier molecular flexibility index (Phi) is 5.71. The maximum atomic E-state index is 12.8. The zero-order valence-corrected chi connectivity index (χ0v) is 14.7. The molecule has 0 N–H and O–H groups in total. The van der Waals surface area contributed by atoms with Crippen molar-refractivity contribution in [3.63, 3.8) is 0 Å². The van der Waals surface area contributed by atoms with Crippen LogP contribution in [0, 0.1) is 17.0 Å². The molecular weight excluding hydrogens is 338 g/mol. The number of nitro benzene ring substituents is 1. The van der Waals surface area contributed by atoms with E-state index in [0.29, 0.717) is 5.56 Å². The predicted molar refractivity (Wildman–Crippen MR) is 93.9 cm³/mol. The van der Waals surface area contributed by atoms with E-state index in [1.807, 2.05) is 0 Å². The molecule has 0 aliphatic rings. The van der Waals surface area contributed by atoms with Crippen molar-refractivity contribution in [1.82, 2.24) is 0 Å². The topological polar surface area (TPSA) is 95.7 Å². The molecular formula is C19H19NO6. The van der Waals surface area contributed by atoms with Crippen LogP contribution in [0.1, 0.15) is 25.0 Å². The molecule has 0 aromatic heterocycles. The van der Waals surface area contributed by atoms with Crippen LogP contribution in [0.4, 0.5) is 5.69 Å². The Morgan fingerprint density at radius 2 is 1.77 bits per heavy atom. The van der Waals surface area contributed by atoms with Crippen LogP contribution in [0.5, 0.6) is 5.75 Å². The van der Waals surface area contributed by atoms with E-state index < -0.39 is 22.3 Å². The lowest BCUT2D eigenvalue weighted by Crippen LogP contribution is -2.45. The molecule has 0 radical (unpaired) electrons. The molecule has 0 amide bonds. The van der Waals surface area contributed by atoms with Crippen molar-refractivity contribution in [3.8, 4) is 5.75 Å². The van der Waals surface area contributed by atoms with Crippen LogP contribution in [0.3, 0.4) is 0 Å². The second kappa shape index (κ2) is 7.77. The fraction of sp³-hybridized carbons (Fsp3) is 0.263. The number of hydrogen-bond donors (Lipinski definition) is 0. The van der Waals surface area contributed by atoms with Crippen molar-refractivity contribution >= 4 is 17.6 Å². The van der Waals surface area contributed by atoms with E-state index in [9.17, 15) is 19.7 Å². The minimum atomic E-state index is -1.76. The number of hydrogen-bond acceptors (Lipinski definition) is 6. The molecule has 136 valence electrons. The van der Waals surface area contributed by atoms with Gasteiger partial charge in [0.25, 0.3) is 5.69 Å². The van der Waals surface area contributed by atoms with Crippen LogP contribution >= 0.6 is 0 Å². The Morgan fingerprint density at radius 3 is 2.31 bits per heavy atom. The zero-order valence-electron chi connectivity index (χ0n) is 14.7. The van der Waals surface area contributed by atoms with E-state index in [4.69, 9.17) is 9.47 Å². The van der Waals surface area contributed by atoms with Crippen LogP contribution in [0.25, 0.3) is 0 Å². The number of esters is 2. The standard InChI is InChI=1S/C19H19NO6/c1-4-25-17(21)19(3,18(22)26-15-8-6-5-7-9-15)14-10-11-16(20(23)24)13(2)12-14/h5-12H,4H2,1-3H3. The summed E-state index contributed by atoms with van der Waals surface area (Å²) in [5.41, 5.74) is -1.27. The van der Waals surface area contributed by atoms with Crippen LogP contribution in [0.15, 0.2) is 48.5 Å². The highest BCUT2D eigenvalue weighted by Gasteiger charge is 2.47. The molecule has 0 saturated carbocycles. The largest absolute Gasteiger partial charge is 0.465 e. The lowest BCUT2D eigenvalue weighted by Gasteiger charge is -2.25. The molecule has 0 spiro atoms. The second-order valence-corrected chi connectivity index (χ2v) is 5.81. The molecule has 1 unspecified atom stereocenters. The average Bonchev–Trinajstić information content (AvgIpc) is 2.61. The first kappa shape index (κ1) is 19.1. The molecule has 7 nitrogen and oxygen atoms in total. The SMILES string of the molecule is CCOC(=O)C(C)(C(=O)Oc1ccccc1)c1ccc([N+](=O)[O-])c(C)c1. The Balaban J connectivity index is 2.48. The molecule has 1 atom stereocenters. The third kappa shape index (κ3) is 3.72. The van der Waals surface area contributed by atoms with Crippen LogP contribution < -0.4 is 4.74 Å². The monoisotopic (exact) mass is 357 g/mol. The van der Waals surface area contributed by atoms with E-state index in [1.165, 1.54) is 32.0 Å². The summed E-state index contributed by atoms with van der Waals surface area (Å²) in [6.45, 7) is 4.63. The van der Waals surface area contributed by atoms with Crippen molar-refractivity contribution in [1.29, 1.82) is 0 Å². The normalized spacial score (nSPS) is 12.7. The van der Waals surface area contributed by atoms with Gasteiger partial charge in [0, 0.05) is 11.6 Å².